The number of halogens is 1. The second-order valence-corrected chi connectivity index (χ2v) is 8.03. The summed E-state index contributed by atoms with van der Waals surface area (Å²) in [5.41, 5.74) is 3.84. The van der Waals surface area contributed by atoms with Gasteiger partial charge in [-0.2, -0.15) is 0 Å². The Bertz CT molecular complexity index is 724. The van der Waals surface area contributed by atoms with Crippen LogP contribution in [0.5, 0.6) is 0 Å². The lowest BCUT2D eigenvalue weighted by molar-refractivity contribution is -0.0328. The Hall–Kier alpha value is -1.35. The van der Waals surface area contributed by atoms with Crippen molar-refractivity contribution in [3.8, 4) is 0 Å². The zero-order valence-electron chi connectivity index (χ0n) is 14.7. The van der Waals surface area contributed by atoms with Crippen molar-refractivity contribution in [3.05, 3.63) is 70.2 Å². The van der Waals surface area contributed by atoms with E-state index in [4.69, 9.17) is 11.6 Å². The molecule has 0 radical (unpaired) electrons. The van der Waals surface area contributed by atoms with E-state index in [1.807, 2.05) is 12.1 Å². The number of hydrogen-bond donors (Lipinski definition) is 1. The zero-order valence-corrected chi connectivity index (χ0v) is 15.5. The van der Waals surface area contributed by atoms with Gasteiger partial charge in [-0.05, 0) is 73.5 Å². The van der Waals surface area contributed by atoms with E-state index in [9.17, 15) is 5.11 Å². The molecule has 0 aromatic heterocycles. The van der Waals surface area contributed by atoms with Crippen molar-refractivity contribution in [1.29, 1.82) is 0 Å². The average molecular weight is 356 g/mol. The van der Waals surface area contributed by atoms with Crippen molar-refractivity contribution < 1.29 is 5.11 Å². The van der Waals surface area contributed by atoms with Crippen LogP contribution >= 0.6 is 11.6 Å². The van der Waals surface area contributed by atoms with Crippen LogP contribution < -0.4 is 0 Å². The molecule has 3 saturated heterocycles. The van der Waals surface area contributed by atoms with Gasteiger partial charge in [0.05, 0.1) is 6.61 Å². The van der Waals surface area contributed by atoms with Crippen LogP contribution in [0.15, 0.2) is 48.5 Å². The summed E-state index contributed by atoms with van der Waals surface area (Å²) in [6.45, 7) is 4.67. The molecule has 3 fully saturated rings. The van der Waals surface area contributed by atoms with Gasteiger partial charge >= 0.3 is 0 Å². The first-order chi connectivity index (χ1) is 12.2. The summed E-state index contributed by atoms with van der Waals surface area (Å²) < 4.78 is 0. The summed E-state index contributed by atoms with van der Waals surface area (Å²) in [7, 11) is 0. The van der Waals surface area contributed by atoms with Crippen molar-refractivity contribution in [2.24, 2.45) is 11.8 Å². The molecule has 3 heteroatoms. The molecule has 0 amide bonds. The van der Waals surface area contributed by atoms with Gasteiger partial charge in [0.25, 0.3) is 0 Å². The van der Waals surface area contributed by atoms with Crippen LogP contribution in [0.4, 0.5) is 0 Å². The average Bonchev–Trinajstić information content (AvgIpc) is 2.65. The Kier molecular flexibility index (Phi) is 4.86. The number of aryl methyl sites for hydroxylation is 1. The number of fused-ring (bicyclic) bond motifs is 3. The van der Waals surface area contributed by atoms with E-state index in [1.54, 1.807) is 0 Å². The van der Waals surface area contributed by atoms with E-state index in [2.05, 4.69) is 48.2 Å². The number of benzene rings is 2. The highest BCUT2D eigenvalue weighted by Crippen LogP contribution is 2.51. The van der Waals surface area contributed by atoms with Crippen molar-refractivity contribution in [1.82, 2.24) is 4.90 Å². The number of aliphatic hydroxyl groups excluding tert-OH is 1. The Morgan fingerprint density at radius 2 is 1.84 bits per heavy atom. The third-order valence-electron chi connectivity index (χ3n) is 6.31. The minimum atomic E-state index is 0.163. The minimum absolute atomic E-state index is 0.163. The van der Waals surface area contributed by atoms with Crippen LogP contribution in [0, 0.1) is 18.8 Å². The zero-order chi connectivity index (χ0) is 17.4. The number of rotatable bonds is 4. The van der Waals surface area contributed by atoms with E-state index in [0.717, 1.165) is 5.02 Å². The van der Waals surface area contributed by atoms with Gasteiger partial charge in [0.15, 0.2) is 0 Å². The maximum absolute atomic E-state index is 10.4. The van der Waals surface area contributed by atoms with E-state index >= 15 is 0 Å². The Balaban J connectivity index is 1.76. The van der Waals surface area contributed by atoms with Gasteiger partial charge in [-0.1, -0.05) is 48.0 Å². The van der Waals surface area contributed by atoms with Gasteiger partial charge in [-0.3, -0.25) is 4.90 Å². The van der Waals surface area contributed by atoms with Gasteiger partial charge < -0.3 is 5.11 Å². The normalized spacial score (nSPS) is 29.6. The predicted molar refractivity (Wildman–Crippen MR) is 103 cm³/mol. The first kappa shape index (κ1) is 17.1. The molecule has 3 unspecified atom stereocenters. The van der Waals surface area contributed by atoms with Crippen LogP contribution in [0.25, 0.3) is 0 Å². The molecular weight excluding hydrogens is 330 g/mol. The van der Waals surface area contributed by atoms with Gasteiger partial charge in [0.2, 0.25) is 0 Å². The van der Waals surface area contributed by atoms with Crippen LogP contribution in [-0.2, 0) is 0 Å². The predicted octanol–water partition coefficient (Wildman–Crippen LogP) is 4.81. The second-order valence-electron chi connectivity index (χ2n) is 7.60. The Morgan fingerprint density at radius 3 is 2.48 bits per heavy atom. The van der Waals surface area contributed by atoms with Crippen molar-refractivity contribution in [2.75, 3.05) is 19.7 Å². The quantitative estimate of drug-likeness (QED) is 0.850. The van der Waals surface area contributed by atoms with E-state index in [0.29, 0.717) is 17.9 Å². The number of nitrogens with zero attached hydrogens (tertiary/aromatic N) is 1. The van der Waals surface area contributed by atoms with E-state index < -0.39 is 0 Å². The largest absolute Gasteiger partial charge is 0.396 e. The SMILES string of the molecule is Cc1cc(Cl)ccc1C(CO)C1C2CCN(CC2)C1c1ccccc1. The van der Waals surface area contributed by atoms with Crippen LogP contribution in [0.2, 0.25) is 5.02 Å². The van der Waals surface area contributed by atoms with Crippen LogP contribution in [-0.4, -0.2) is 29.7 Å². The molecule has 3 atom stereocenters. The summed E-state index contributed by atoms with van der Waals surface area (Å²) in [6, 6.07) is 17.4. The number of hydrogen-bond acceptors (Lipinski definition) is 2. The Labute approximate surface area is 155 Å². The van der Waals surface area contributed by atoms with Crippen molar-refractivity contribution in [3.63, 3.8) is 0 Å². The highest BCUT2D eigenvalue weighted by atomic mass is 35.5. The molecule has 0 aliphatic carbocycles. The van der Waals surface area contributed by atoms with E-state index in [-0.39, 0.29) is 12.5 Å². The fraction of sp³-hybridized carbons (Fsp3) is 0.455. The van der Waals surface area contributed by atoms with Crippen LogP contribution in [0.1, 0.15) is 41.5 Å². The van der Waals surface area contributed by atoms with Crippen LogP contribution in [0.3, 0.4) is 0 Å². The van der Waals surface area contributed by atoms with Gasteiger partial charge in [-0.15, -0.1) is 0 Å². The van der Waals surface area contributed by atoms with E-state index in [1.165, 1.54) is 42.6 Å². The van der Waals surface area contributed by atoms with Gasteiger partial charge in [0, 0.05) is 17.0 Å². The number of aliphatic hydroxyl groups is 1. The monoisotopic (exact) mass is 355 g/mol. The smallest absolute Gasteiger partial charge is 0.0503 e. The highest BCUT2D eigenvalue weighted by molar-refractivity contribution is 6.30. The lowest BCUT2D eigenvalue weighted by Gasteiger charge is -2.54. The van der Waals surface area contributed by atoms with Crippen molar-refractivity contribution >= 4 is 11.6 Å². The molecule has 2 aromatic rings. The lowest BCUT2D eigenvalue weighted by Crippen LogP contribution is -2.51. The topological polar surface area (TPSA) is 23.5 Å². The molecule has 2 aromatic carbocycles. The molecule has 0 saturated carbocycles. The number of piperidine rings is 3. The summed E-state index contributed by atoms with van der Waals surface area (Å²) in [5, 5.41) is 11.1. The lowest BCUT2D eigenvalue weighted by atomic mass is 9.64. The first-order valence-electron chi connectivity index (χ1n) is 9.35. The summed E-state index contributed by atoms with van der Waals surface area (Å²) in [4.78, 5) is 2.63. The highest BCUT2D eigenvalue weighted by Gasteiger charge is 2.46. The van der Waals surface area contributed by atoms with Crippen molar-refractivity contribution in [2.45, 2.75) is 31.7 Å². The van der Waals surface area contributed by atoms with Gasteiger partial charge in [-0.25, -0.2) is 0 Å². The molecule has 25 heavy (non-hydrogen) atoms. The molecule has 132 valence electrons. The first-order valence-corrected chi connectivity index (χ1v) is 9.72. The molecule has 3 aliphatic rings. The molecule has 1 N–H and O–H groups in total. The fourth-order valence-corrected chi connectivity index (χ4v) is 5.42. The molecule has 5 rings (SSSR count). The molecule has 3 heterocycles. The third kappa shape index (κ3) is 3.12. The maximum atomic E-state index is 10.4. The minimum Gasteiger partial charge on any atom is -0.396 e. The molecule has 0 spiro atoms. The fourth-order valence-electron chi connectivity index (χ4n) is 5.20. The molecule has 3 aliphatic heterocycles. The standard InChI is InChI=1S/C22H26ClNO/c1-15-13-18(23)7-8-19(15)20(14-25)21-16-9-11-24(12-10-16)22(21)17-5-3-2-4-6-17/h2-8,13,16,20-22,25H,9-12,14H2,1H3. The molecule has 2 nitrogen and oxygen atoms in total. The summed E-state index contributed by atoms with van der Waals surface area (Å²) >= 11 is 6.17. The maximum Gasteiger partial charge on any atom is 0.0503 e. The van der Waals surface area contributed by atoms with Gasteiger partial charge in [0.1, 0.15) is 0 Å². The summed E-state index contributed by atoms with van der Waals surface area (Å²) in [5.74, 6) is 1.30. The summed E-state index contributed by atoms with van der Waals surface area (Å²) in [6.07, 6.45) is 2.49. The molecule has 2 bridgehead atoms. The Morgan fingerprint density at radius 1 is 1.12 bits per heavy atom. The second kappa shape index (κ2) is 7.11. The molecular formula is C22H26ClNO. The third-order valence-corrected chi connectivity index (χ3v) is 6.55.